The van der Waals surface area contributed by atoms with E-state index in [4.69, 9.17) is 13.8 Å². The van der Waals surface area contributed by atoms with Crippen LogP contribution in [0.3, 0.4) is 0 Å². The molecule has 0 spiro atoms. The summed E-state index contributed by atoms with van der Waals surface area (Å²) in [4.78, 5) is 26.9. The summed E-state index contributed by atoms with van der Waals surface area (Å²) >= 11 is 0. The van der Waals surface area contributed by atoms with E-state index in [-0.39, 0.29) is 19.0 Å². The van der Waals surface area contributed by atoms with Gasteiger partial charge in [-0.15, -0.1) is 0 Å². The molecule has 0 radical (unpaired) electrons. The van der Waals surface area contributed by atoms with Gasteiger partial charge in [0.25, 0.3) is 0 Å². The molecule has 0 unspecified atom stereocenters. The summed E-state index contributed by atoms with van der Waals surface area (Å²) < 4.78 is 29.1. The molecule has 0 bridgehead atoms. The van der Waals surface area contributed by atoms with E-state index in [0.717, 1.165) is 4.57 Å². The fraction of sp³-hybridized carbons (Fsp3) is 0.667. The zero-order valence-corrected chi connectivity index (χ0v) is 16.5. The lowest BCUT2D eigenvalue weighted by atomic mass is 10.1. The van der Waals surface area contributed by atoms with Crippen molar-refractivity contribution in [3.63, 3.8) is 0 Å². The molecule has 5 atom stereocenters. The summed E-state index contributed by atoms with van der Waals surface area (Å²) in [6, 6.07) is 1.29. The molecule has 1 amide bonds. The lowest BCUT2D eigenvalue weighted by Crippen LogP contribution is -2.39. The maximum Gasteiger partial charge on any atom is 0.361 e. The number of hydrogen-bond donors (Lipinski definition) is 4. The second-order valence-electron chi connectivity index (χ2n) is 5.95. The average molecular weight is 421 g/mol. The molecule has 158 valence electrons. The highest BCUT2D eigenvalue weighted by molar-refractivity contribution is 7.54. The third-order valence-corrected chi connectivity index (χ3v) is 6.10. The van der Waals surface area contributed by atoms with Crippen LogP contribution in [0.1, 0.15) is 27.0 Å². The van der Waals surface area contributed by atoms with Gasteiger partial charge in [0, 0.05) is 13.1 Å². The SMILES string of the molecule is CCOP(=O)(OCC)[C@@H](O)[C@H]1O[C@@H](n2ccc(NC(C)=O)nc2=O)[C@@H](O)[C@@H]1O. The summed E-state index contributed by atoms with van der Waals surface area (Å²) in [6.07, 6.45) is -5.09. The van der Waals surface area contributed by atoms with Gasteiger partial charge in [-0.05, 0) is 19.9 Å². The van der Waals surface area contributed by atoms with Gasteiger partial charge in [-0.25, -0.2) is 4.79 Å². The second-order valence-corrected chi connectivity index (χ2v) is 8.07. The number of aromatic nitrogens is 2. The number of nitrogens with one attached hydrogen (secondary N) is 1. The average Bonchev–Trinajstić information content (AvgIpc) is 2.90. The fourth-order valence-electron chi connectivity index (χ4n) is 2.75. The Morgan fingerprint density at radius 3 is 2.46 bits per heavy atom. The van der Waals surface area contributed by atoms with Crippen molar-refractivity contribution in [3.8, 4) is 0 Å². The van der Waals surface area contributed by atoms with Crippen LogP contribution in [0.2, 0.25) is 0 Å². The number of aliphatic hydroxyl groups is 3. The van der Waals surface area contributed by atoms with Crippen LogP contribution in [-0.4, -0.2) is 68.1 Å². The number of carbonyl (C=O) groups excluding carboxylic acids is 1. The van der Waals surface area contributed by atoms with Crippen molar-refractivity contribution in [1.82, 2.24) is 9.55 Å². The van der Waals surface area contributed by atoms with E-state index in [2.05, 4.69) is 10.3 Å². The predicted octanol–water partition coefficient (Wildman–Crippen LogP) is -0.595. The molecule has 1 aromatic heterocycles. The quantitative estimate of drug-likeness (QED) is 0.398. The molecule has 4 N–H and O–H groups in total. The van der Waals surface area contributed by atoms with Gasteiger partial charge in [-0.2, -0.15) is 4.98 Å². The molecule has 0 saturated carbocycles. The van der Waals surface area contributed by atoms with Crippen molar-refractivity contribution in [2.24, 2.45) is 0 Å². The van der Waals surface area contributed by atoms with E-state index in [1.807, 2.05) is 0 Å². The smallest absolute Gasteiger partial charge is 0.361 e. The van der Waals surface area contributed by atoms with Gasteiger partial charge in [0.1, 0.15) is 24.1 Å². The number of nitrogens with zero attached hydrogens (tertiary/aromatic N) is 2. The zero-order valence-electron chi connectivity index (χ0n) is 15.6. The van der Waals surface area contributed by atoms with Gasteiger partial charge >= 0.3 is 13.3 Å². The van der Waals surface area contributed by atoms with Gasteiger partial charge in [0.15, 0.2) is 12.1 Å². The van der Waals surface area contributed by atoms with E-state index in [1.165, 1.54) is 19.2 Å². The Labute approximate surface area is 160 Å². The third kappa shape index (κ3) is 4.66. The number of anilines is 1. The van der Waals surface area contributed by atoms with Crippen LogP contribution in [-0.2, 0) is 23.1 Å². The molecule has 1 aromatic rings. The summed E-state index contributed by atoms with van der Waals surface area (Å²) in [5, 5.41) is 33.3. The third-order valence-electron chi connectivity index (χ3n) is 3.92. The predicted molar refractivity (Wildman–Crippen MR) is 95.6 cm³/mol. The standard InChI is InChI=1S/C15H24N3O9P/c1-4-25-28(24,26-5-2)14(22)12-10(20)11(21)13(27-12)18-7-6-9(16-8(3)19)17-15(18)23/h6-7,10-14,20-22H,4-5H2,1-3H3,(H,16,17,19,23)/t10-,11-,12-,13+,14+/m0/s1. The summed E-state index contributed by atoms with van der Waals surface area (Å²) in [5.41, 5.74) is -0.879. The lowest BCUT2D eigenvalue weighted by molar-refractivity contribution is -0.114. The number of hydrogen-bond acceptors (Lipinski definition) is 10. The van der Waals surface area contributed by atoms with E-state index >= 15 is 0 Å². The van der Waals surface area contributed by atoms with Gasteiger partial charge in [-0.3, -0.25) is 13.9 Å². The molecule has 1 saturated heterocycles. The molecule has 12 nitrogen and oxygen atoms in total. The summed E-state index contributed by atoms with van der Waals surface area (Å²) in [5.74, 6) is -2.33. The van der Waals surface area contributed by atoms with Crippen LogP contribution >= 0.6 is 7.60 Å². The molecule has 0 aliphatic carbocycles. The van der Waals surface area contributed by atoms with E-state index in [1.54, 1.807) is 13.8 Å². The largest absolute Gasteiger partial charge is 0.387 e. The lowest BCUT2D eigenvalue weighted by Gasteiger charge is -2.27. The first-order valence-corrected chi connectivity index (χ1v) is 10.2. The van der Waals surface area contributed by atoms with Crippen LogP contribution in [0.5, 0.6) is 0 Å². The van der Waals surface area contributed by atoms with Gasteiger partial charge in [-0.1, -0.05) is 0 Å². The Hall–Kier alpha value is -1.66. The van der Waals surface area contributed by atoms with Crippen LogP contribution in [0.4, 0.5) is 5.82 Å². The van der Waals surface area contributed by atoms with Crippen molar-refractivity contribution < 1.29 is 38.5 Å². The number of aliphatic hydroxyl groups excluding tert-OH is 3. The normalized spacial score (nSPS) is 26.2. The number of ether oxygens (including phenoxy) is 1. The second kappa shape index (κ2) is 9.23. The number of carbonyl (C=O) groups is 1. The van der Waals surface area contributed by atoms with Gasteiger partial charge in [0.05, 0.1) is 13.2 Å². The van der Waals surface area contributed by atoms with Crippen LogP contribution in [0.25, 0.3) is 0 Å². The molecule has 1 aliphatic rings. The molecule has 28 heavy (non-hydrogen) atoms. The summed E-state index contributed by atoms with van der Waals surface area (Å²) in [7, 11) is -4.07. The first-order valence-electron chi connectivity index (χ1n) is 8.59. The minimum atomic E-state index is -4.07. The molecule has 13 heteroatoms. The minimum Gasteiger partial charge on any atom is -0.387 e. The number of amides is 1. The molecule has 2 heterocycles. The van der Waals surface area contributed by atoms with Crippen molar-refractivity contribution in [2.45, 2.75) is 51.2 Å². The highest BCUT2D eigenvalue weighted by Crippen LogP contribution is 2.55. The Kier molecular flexibility index (Phi) is 7.46. The highest BCUT2D eigenvalue weighted by Gasteiger charge is 2.53. The van der Waals surface area contributed by atoms with E-state index < -0.39 is 49.6 Å². The first-order chi connectivity index (χ1) is 13.1. The first kappa shape index (κ1) is 22.6. The van der Waals surface area contributed by atoms with Gasteiger partial charge < -0.3 is 34.4 Å². The number of rotatable bonds is 8. The molecular weight excluding hydrogens is 397 g/mol. The monoisotopic (exact) mass is 421 g/mol. The Balaban J connectivity index is 2.28. The topological polar surface area (TPSA) is 169 Å². The Morgan fingerprint density at radius 1 is 1.36 bits per heavy atom. The fourth-order valence-corrected chi connectivity index (χ4v) is 4.45. The molecular formula is C15H24N3O9P. The van der Waals surface area contributed by atoms with E-state index in [9.17, 15) is 29.5 Å². The molecule has 2 rings (SSSR count). The molecule has 1 fully saturated rings. The molecule has 1 aliphatic heterocycles. The van der Waals surface area contributed by atoms with Gasteiger partial charge in [0.2, 0.25) is 5.91 Å². The van der Waals surface area contributed by atoms with Crippen molar-refractivity contribution in [1.29, 1.82) is 0 Å². The van der Waals surface area contributed by atoms with Crippen molar-refractivity contribution in [3.05, 3.63) is 22.7 Å². The highest BCUT2D eigenvalue weighted by atomic mass is 31.2. The Morgan fingerprint density at radius 2 is 1.96 bits per heavy atom. The van der Waals surface area contributed by atoms with E-state index in [0.29, 0.717) is 0 Å². The van der Waals surface area contributed by atoms with Crippen LogP contribution in [0, 0.1) is 0 Å². The maximum absolute atomic E-state index is 12.7. The summed E-state index contributed by atoms with van der Waals surface area (Å²) in [6.45, 7) is 4.27. The minimum absolute atomic E-state index is 0.00411. The van der Waals surface area contributed by atoms with Crippen molar-refractivity contribution in [2.75, 3.05) is 18.5 Å². The van der Waals surface area contributed by atoms with Crippen molar-refractivity contribution >= 4 is 19.3 Å². The maximum atomic E-state index is 12.7. The van der Waals surface area contributed by atoms with Crippen LogP contribution in [0.15, 0.2) is 17.1 Å². The van der Waals surface area contributed by atoms with Crippen LogP contribution < -0.4 is 11.0 Å². The Bertz CT molecular complexity index is 791. The molecule has 0 aromatic carbocycles. The zero-order chi connectivity index (χ0) is 21.1.